The summed E-state index contributed by atoms with van der Waals surface area (Å²) >= 11 is 0. The van der Waals surface area contributed by atoms with E-state index in [-0.39, 0.29) is 16.8 Å². The van der Waals surface area contributed by atoms with Crippen molar-refractivity contribution in [2.75, 3.05) is 51.3 Å². The van der Waals surface area contributed by atoms with Crippen LogP contribution in [0.5, 0.6) is 0 Å². The summed E-state index contributed by atoms with van der Waals surface area (Å²) in [6, 6.07) is 8.11. The molecule has 0 bridgehead atoms. The van der Waals surface area contributed by atoms with E-state index >= 15 is 0 Å². The third-order valence-corrected chi connectivity index (χ3v) is 18.6. The van der Waals surface area contributed by atoms with Gasteiger partial charge in [-0.2, -0.15) is 0 Å². The van der Waals surface area contributed by atoms with Gasteiger partial charge in [-0.25, -0.2) is 13.2 Å². The number of hydrogen-bond acceptors (Lipinski definition) is 6. The number of carbonyl (C=O) groups is 1. The summed E-state index contributed by atoms with van der Waals surface area (Å²) in [6.07, 6.45) is 14.2. The minimum atomic E-state index is -2.84. The van der Waals surface area contributed by atoms with Gasteiger partial charge >= 0.3 is 5.97 Å². The van der Waals surface area contributed by atoms with Crippen molar-refractivity contribution in [1.82, 2.24) is 10.2 Å². The molecular formula is C44H66N2O4S. The number of sulfone groups is 1. The number of nitrogens with zero attached hydrogens (tertiary/aromatic N) is 1. The number of rotatable bonds is 8. The smallest absolute Gasteiger partial charge is 0.337 e. The zero-order valence-corrected chi connectivity index (χ0v) is 33.6. The first-order chi connectivity index (χ1) is 24.0. The monoisotopic (exact) mass is 718 g/mol. The van der Waals surface area contributed by atoms with Crippen molar-refractivity contribution in [3.8, 4) is 0 Å². The molecular weight excluding hydrogens is 653 g/mol. The number of nitrogens with one attached hydrogen (secondary N) is 1. The largest absolute Gasteiger partial charge is 0.465 e. The van der Waals surface area contributed by atoms with E-state index in [2.05, 4.69) is 76.5 Å². The van der Waals surface area contributed by atoms with Gasteiger partial charge in [0.1, 0.15) is 0 Å². The molecule has 1 N–H and O–H groups in total. The summed E-state index contributed by atoms with van der Waals surface area (Å²) in [6.45, 7) is 24.4. The lowest BCUT2D eigenvalue weighted by Crippen LogP contribution is -2.65. The van der Waals surface area contributed by atoms with Crippen molar-refractivity contribution < 1.29 is 17.9 Å². The number of allylic oxidation sites excluding steroid dienone is 3. The highest BCUT2D eigenvalue weighted by Gasteiger charge is 2.70. The molecule has 0 radical (unpaired) electrons. The molecule has 6 aliphatic rings. The first kappa shape index (κ1) is 37.4. The molecule has 1 saturated heterocycles. The standard InChI is InChI=1S/C44H66N2O4S/c1-30(2)33-15-20-44(29-45-23-24-46-25-27-51(48,49)28-26-46)22-21-42(6)35(38(33)44)13-14-37-41(5)18-16-34(31-9-11-32(12-10-31)39(47)50-8)40(3,4)36(41)17-19-43(37,42)7/h9-12,16,33,35-38,45H,1,13-15,17-29H2,2-8H3/t33?,35-,36+,37-,38-,41+,42-,43-,44?/m1/s1. The van der Waals surface area contributed by atoms with Gasteiger partial charge in [-0.05, 0) is 145 Å². The Kier molecular flexibility index (Phi) is 9.60. The van der Waals surface area contributed by atoms with E-state index in [1.165, 1.54) is 75.2 Å². The predicted octanol–water partition coefficient (Wildman–Crippen LogP) is 8.44. The van der Waals surface area contributed by atoms with Crippen molar-refractivity contribution >= 4 is 21.4 Å². The van der Waals surface area contributed by atoms with Crippen molar-refractivity contribution in [2.24, 2.45) is 56.7 Å². The summed E-state index contributed by atoms with van der Waals surface area (Å²) in [5.41, 5.74) is 5.95. The quantitative estimate of drug-likeness (QED) is 0.165. The molecule has 5 fully saturated rings. The van der Waals surface area contributed by atoms with Gasteiger partial charge in [0.15, 0.2) is 9.84 Å². The van der Waals surface area contributed by atoms with Crippen LogP contribution in [0.4, 0.5) is 0 Å². The summed E-state index contributed by atoms with van der Waals surface area (Å²) in [4.78, 5) is 14.5. The minimum absolute atomic E-state index is 0.0468. The molecule has 2 unspecified atom stereocenters. The molecule has 0 amide bonds. The average molecular weight is 719 g/mol. The van der Waals surface area contributed by atoms with E-state index in [4.69, 9.17) is 4.74 Å². The van der Waals surface area contributed by atoms with Crippen LogP contribution in [0.1, 0.15) is 115 Å². The van der Waals surface area contributed by atoms with Crippen molar-refractivity contribution in [3.05, 3.63) is 53.6 Å². The highest BCUT2D eigenvalue weighted by molar-refractivity contribution is 7.91. The number of esters is 1. The first-order valence-corrected chi connectivity index (χ1v) is 22.0. The molecule has 0 aromatic heterocycles. The maximum atomic E-state index is 12.1. The molecule has 0 spiro atoms. The third kappa shape index (κ3) is 5.93. The second-order valence-corrected chi connectivity index (χ2v) is 21.6. The minimum Gasteiger partial charge on any atom is -0.465 e. The van der Waals surface area contributed by atoms with Gasteiger partial charge in [-0.3, -0.25) is 0 Å². The molecule has 282 valence electrons. The molecule has 5 aliphatic carbocycles. The number of benzene rings is 1. The lowest BCUT2D eigenvalue weighted by atomic mass is 9.32. The molecule has 1 heterocycles. The van der Waals surface area contributed by atoms with Gasteiger partial charge in [0.25, 0.3) is 0 Å². The van der Waals surface area contributed by atoms with Crippen LogP contribution in [-0.2, 0) is 14.6 Å². The van der Waals surface area contributed by atoms with E-state index in [0.717, 1.165) is 32.0 Å². The Labute approximate surface area is 309 Å². The van der Waals surface area contributed by atoms with Gasteiger partial charge in [0.05, 0.1) is 24.2 Å². The molecule has 1 aromatic rings. The maximum Gasteiger partial charge on any atom is 0.337 e. The van der Waals surface area contributed by atoms with Crippen LogP contribution >= 0.6 is 0 Å². The number of fused-ring (bicyclic) bond motifs is 7. The van der Waals surface area contributed by atoms with Gasteiger partial charge in [0.2, 0.25) is 0 Å². The van der Waals surface area contributed by atoms with Crippen molar-refractivity contribution in [1.29, 1.82) is 0 Å². The van der Waals surface area contributed by atoms with E-state index < -0.39 is 9.84 Å². The van der Waals surface area contributed by atoms with Crippen LogP contribution in [0.2, 0.25) is 0 Å². The number of carbonyl (C=O) groups excluding carboxylic acids is 1. The first-order valence-electron chi connectivity index (χ1n) is 20.2. The Morgan fingerprint density at radius 1 is 0.922 bits per heavy atom. The molecule has 7 heteroatoms. The van der Waals surface area contributed by atoms with Crippen LogP contribution in [0.25, 0.3) is 5.57 Å². The molecule has 6 nitrogen and oxygen atoms in total. The van der Waals surface area contributed by atoms with E-state index in [1.807, 2.05) is 12.1 Å². The van der Waals surface area contributed by atoms with E-state index in [9.17, 15) is 13.2 Å². The topological polar surface area (TPSA) is 75.7 Å². The van der Waals surface area contributed by atoms with Crippen LogP contribution in [0.3, 0.4) is 0 Å². The molecule has 1 aliphatic heterocycles. The fourth-order valence-electron chi connectivity index (χ4n) is 14.1. The fourth-order valence-corrected chi connectivity index (χ4v) is 15.4. The Balaban J connectivity index is 1.12. The number of hydrogen-bond donors (Lipinski definition) is 1. The summed E-state index contributed by atoms with van der Waals surface area (Å²) in [5, 5.41) is 3.95. The lowest BCUT2D eigenvalue weighted by Gasteiger charge is -2.72. The van der Waals surface area contributed by atoms with Crippen LogP contribution in [0.15, 0.2) is 42.5 Å². The normalized spacial score (nSPS) is 41.3. The zero-order chi connectivity index (χ0) is 36.6. The van der Waals surface area contributed by atoms with Crippen molar-refractivity contribution in [3.63, 3.8) is 0 Å². The second-order valence-electron chi connectivity index (χ2n) is 19.3. The molecule has 7 rings (SSSR count). The van der Waals surface area contributed by atoms with Gasteiger partial charge in [0, 0.05) is 32.7 Å². The Hall–Kier alpha value is -1.96. The fraction of sp³-hybridized carbons (Fsp3) is 0.750. The second kappa shape index (κ2) is 13.1. The van der Waals surface area contributed by atoms with E-state index in [0.29, 0.717) is 70.1 Å². The Morgan fingerprint density at radius 2 is 1.63 bits per heavy atom. The van der Waals surface area contributed by atoms with Gasteiger partial charge in [-0.1, -0.05) is 65.0 Å². The zero-order valence-electron chi connectivity index (χ0n) is 32.8. The number of methoxy groups -OCH3 is 1. The van der Waals surface area contributed by atoms with Gasteiger partial charge < -0.3 is 15.0 Å². The summed E-state index contributed by atoms with van der Waals surface area (Å²) in [7, 11) is -1.40. The highest BCUT2D eigenvalue weighted by Crippen LogP contribution is 2.77. The highest BCUT2D eigenvalue weighted by atomic mass is 32.2. The number of ether oxygens (including phenoxy) is 1. The molecule has 1 aromatic carbocycles. The maximum absolute atomic E-state index is 12.1. The van der Waals surface area contributed by atoms with Crippen LogP contribution in [-0.4, -0.2) is 70.6 Å². The van der Waals surface area contributed by atoms with Crippen LogP contribution in [0, 0.1) is 56.7 Å². The van der Waals surface area contributed by atoms with Crippen molar-refractivity contribution in [2.45, 2.75) is 99.3 Å². The summed E-state index contributed by atoms with van der Waals surface area (Å²) in [5.74, 6) is 3.67. The van der Waals surface area contributed by atoms with Crippen LogP contribution < -0.4 is 5.32 Å². The molecule has 9 atom stereocenters. The van der Waals surface area contributed by atoms with E-state index in [1.54, 1.807) is 0 Å². The average Bonchev–Trinajstić information content (AvgIpc) is 3.47. The predicted molar refractivity (Wildman–Crippen MR) is 208 cm³/mol. The lowest BCUT2D eigenvalue weighted by molar-refractivity contribution is -0.225. The SMILES string of the molecule is C=C(C)C1CCC2(CNCCN3CCS(=O)(=O)CC3)CC[C@]3(C)[C@H](CC[C@@H]4[C@@]5(C)CC=C(c6ccc(C(=O)OC)cc6)C(C)(C)[C@@H]5CC[C@]43C)[C@@H]12. The molecule has 4 saturated carbocycles. The molecule has 51 heavy (non-hydrogen) atoms. The van der Waals surface area contributed by atoms with Gasteiger partial charge in [-0.15, -0.1) is 0 Å². The Bertz CT molecular complexity index is 1650. The summed E-state index contributed by atoms with van der Waals surface area (Å²) < 4.78 is 28.9. The Morgan fingerprint density at radius 3 is 2.29 bits per heavy atom. The third-order valence-electron chi connectivity index (χ3n) is 17.0.